The summed E-state index contributed by atoms with van der Waals surface area (Å²) in [5, 5.41) is 0. The van der Waals surface area contributed by atoms with Gasteiger partial charge in [-0.25, -0.2) is 0 Å². The molecule has 0 unspecified atom stereocenters. The monoisotopic (exact) mass is 578 g/mol. The van der Waals surface area contributed by atoms with E-state index in [1.54, 1.807) is 0 Å². The molecular formula is C38H62N2O2. The zero-order valence-electron chi connectivity index (χ0n) is 28.5. The second-order valence-corrected chi connectivity index (χ2v) is 14.7. The Morgan fingerprint density at radius 2 is 0.881 bits per heavy atom. The number of rotatable bonds is 16. The smallest absolute Gasteiger partial charge is 0.123 e. The Kier molecular flexibility index (Phi) is 13.7. The van der Waals surface area contributed by atoms with Gasteiger partial charge in [0, 0.05) is 26.2 Å². The van der Waals surface area contributed by atoms with E-state index in [-0.39, 0.29) is 10.8 Å². The van der Waals surface area contributed by atoms with Crippen LogP contribution in [0.25, 0.3) is 0 Å². The number of ether oxygens (including phenoxy) is 2. The molecule has 3 rings (SSSR count). The van der Waals surface area contributed by atoms with Crippen molar-refractivity contribution < 1.29 is 9.47 Å². The molecule has 0 radical (unpaired) electrons. The van der Waals surface area contributed by atoms with E-state index < -0.39 is 0 Å². The minimum Gasteiger partial charge on any atom is -0.493 e. The summed E-state index contributed by atoms with van der Waals surface area (Å²) in [5.74, 6) is 2.13. The maximum atomic E-state index is 6.20. The van der Waals surface area contributed by atoms with Gasteiger partial charge in [-0.2, -0.15) is 0 Å². The van der Waals surface area contributed by atoms with E-state index in [0.717, 1.165) is 37.6 Å². The van der Waals surface area contributed by atoms with Gasteiger partial charge in [0.15, 0.2) is 0 Å². The molecule has 0 saturated carbocycles. The molecule has 0 bridgehead atoms. The van der Waals surface area contributed by atoms with Gasteiger partial charge >= 0.3 is 0 Å². The fourth-order valence-corrected chi connectivity index (χ4v) is 5.89. The normalized spacial score (nSPS) is 15.2. The Morgan fingerprint density at radius 1 is 0.524 bits per heavy atom. The Bertz CT molecular complexity index is 972. The van der Waals surface area contributed by atoms with E-state index in [9.17, 15) is 0 Å². The molecule has 4 heteroatoms. The average molecular weight is 579 g/mol. The summed E-state index contributed by atoms with van der Waals surface area (Å²) in [6, 6.07) is 13.2. The van der Waals surface area contributed by atoms with Crippen molar-refractivity contribution in [2.24, 2.45) is 0 Å². The highest BCUT2D eigenvalue weighted by atomic mass is 16.5. The van der Waals surface area contributed by atoms with E-state index in [2.05, 4.69) is 102 Å². The molecule has 0 N–H and O–H groups in total. The predicted molar refractivity (Wildman–Crippen MR) is 181 cm³/mol. The van der Waals surface area contributed by atoms with Crippen molar-refractivity contribution in [3.05, 3.63) is 58.7 Å². The zero-order chi connectivity index (χ0) is 30.6. The molecule has 1 saturated heterocycles. The molecule has 0 aromatic heterocycles. The molecule has 0 atom stereocenters. The van der Waals surface area contributed by atoms with Crippen LogP contribution in [0.2, 0.25) is 0 Å². The first-order chi connectivity index (χ1) is 19.9. The van der Waals surface area contributed by atoms with Gasteiger partial charge in [0.1, 0.15) is 11.5 Å². The van der Waals surface area contributed by atoms with Crippen molar-refractivity contribution >= 4 is 0 Å². The zero-order valence-corrected chi connectivity index (χ0v) is 28.5. The summed E-state index contributed by atoms with van der Waals surface area (Å²) in [7, 11) is 0. The minimum atomic E-state index is 0.111. The molecule has 4 nitrogen and oxygen atoms in total. The van der Waals surface area contributed by atoms with Crippen molar-refractivity contribution in [1.29, 1.82) is 0 Å². The van der Waals surface area contributed by atoms with Crippen LogP contribution < -0.4 is 9.47 Å². The van der Waals surface area contributed by atoms with E-state index >= 15 is 0 Å². The van der Waals surface area contributed by atoms with Crippen LogP contribution in [-0.4, -0.2) is 62.3 Å². The highest BCUT2D eigenvalue weighted by Gasteiger charge is 2.20. The minimum absolute atomic E-state index is 0.111. The van der Waals surface area contributed by atoms with Crippen molar-refractivity contribution in [3.63, 3.8) is 0 Å². The van der Waals surface area contributed by atoms with Crippen molar-refractivity contribution in [2.45, 2.75) is 118 Å². The first-order valence-electron chi connectivity index (χ1n) is 16.9. The molecule has 1 aliphatic heterocycles. The first kappa shape index (κ1) is 34.5. The second-order valence-electron chi connectivity index (χ2n) is 14.7. The quantitative estimate of drug-likeness (QED) is 0.186. The van der Waals surface area contributed by atoms with Crippen LogP contribution in [-0.2, 0) is 10.8 Å². The molecule has 42 heavy (non-hydrogen) atoms. The lowest BCUT2D eigenvalue weighted by Crippen LogP contribution is -2.46. The standard InChI is InChI=1S/C38H62N2O2/c1-31-17-19-35(33(29-31)37(3,4)5)41-27-15-11-9-13-21-39-23-25-40(26-24-39)22-14-10-12-16-28-42-36-20-18-32(2)30-34(36)38(6,7)8/h17-20,29-30H,9-16,21-28H2,1-8H3. The fourth-order valence-electron chi connectivity index (χ4n) is 5.89. The SMILES string of the molecule is Cc1ccc(OCCCCCCN2CCN(CCCCCCOc3ccc(C)cc3C(C)(C)C)CC2)c(C(C)(C)C)c1. The Hall–Kier alpha value is -2.04. The third-order valence-electron chi connectivity index (χ3n) is 8.60. The van der Waals surface area contributed by atoms with E-state index in [4.69, 9.17) is 9.47 Å². The summed E-state index contributed by atoms with van der Waals surface area (Å²) in [5.41, 5.74) is 5.47. The molecular weight excluding hydrogens is 516 g/mol. The van der Waals surface area contributed by atoms with Crippen LogP contribution in [0, 0.1) is 13.8 Å². The Labute approximate surface area is 259 Å². The van der Waals surface area contributed by atoms with Gasteiger partial charge < -0.3 is 19.3 Å². The van der Waals surface area contributed by atoms with E-state index in [1.807, 2.05) is 0 Å². The summed E-state index contributed by atoms with van der Waals surface area (Å²) in [4.78, 5) is 5.34. The molecule has 236 valence electrons. The summed E-state index contributed by atoms with van der Waals surface area (Å²) in [6.07, 6.45) is 10.0. The van der Waals surface area contributed by atoms with Gasteiger partial charge in [0.25, 0.3) is 0 Å². The van der Waals surface area contributed by atoms with Gasteiger partial charge in [0.2, 0.25) is 0 Å². The third-order valence-corrected chi connectivity index (χ3v) is 8.60. The summed E-state index contributed by atoms with van der Waals surface area (Å²) < 4.78 is 12.4. The number of benzene rings is 2. The highest BCUT2D eigenvalue weighted by Crippen LogP contribution is 2.33. The van der Waals surface area contributed by atoms with Crippen LogP contribution >= 0.6 is 0 Å². The van der Waals surface area contributed by atoms with E-state index in [0.29, 0.717) is 0 Å². The first-order valence-corrected chi connectivity index (χ1v) is 16.9. The molecule has 0 amide bonds. The Morgan fingerprint density at radius 3 is 1.24 bits per heavy atom. The molecule has 1 fully saturated rings. The van der Waals surface area contributed by atoms with Gasteiger partial charge in [-0.15, -0.1) is 0 Å². The van der Waals surface area contributed by atoms with Gasteiger partial charge in [-0.05, 0) is 86.7 Å². The molecule has 2 aromatic carbocycles. The Balaban J connectivity index is 1.17. The number of aryl methyl sites for hydroxylation is 2. The van der Waals surface area contributed by atoms with Crippen molar-refractivity contribution in [3.8, 4) is 11.5 Å². The number of hydrogen-bond acceptors (Lipinski definition) is 4. The maximum Gasteiger partial charge on any atom is 0.123 e. The molecule has 2 aromatic rings. The van der Waals surface area contributed by atoms with E-state index in [1.165, 1.54) is 100 Å². The van der Waals surface area contributed by atoms with Crippen LogP contribution in [0.15, 0.2) is 36.4 Å². The lowest BCUT2D eigenvalue weighted by molar-refractivity contribution is 0.128. The fraction of sp³-hybridized carbons (Fsp3) is 0.684. The summed E-state index contributed by atoms with van der Waals surface area (Å²) >= 11 is 0. The van der Waals surface area contributed by atoms with Gasteiger partial charge in [-0.3, -0.25) is 0 Å². The van der Waals surface area contributed by atoms with Crippen molar-refractivity contribution in [2.75, 3.05) is 52.5 Å². The number of hydrogen-bond donors (Lipinski definition) is 0. The van der Waals surface area contributed by atoms with Crippen LogP contribution in [0.3, 0.4) is 0 Å². The highest BCUT2D eigenvalue weighted by molar-refractivity contribution is 5.42. The van der Waals surface area contributed by atoms with Crippen molar-refractivity contribution in [1.82, 2.24) is 9.80 Å². The van der Waals surface area contributed by atoms with Gasteiger partial charge in [-0.1, -0.05) is 103 Å². The van der Waals surface area contributed by atoms with Gasteiger partial charge in [0.05, 0.1) is 13.2 Å². The van der Waals surface area contributed by atoms with Crippen LogP contribution in [0.4, 0.5) is 0 Å². The molecule has 0 spiro atoms. The lowest BCUT2D eigenvalue weighted by atomic mass is 9.85. The summed E-state index contributed by atoms with van der Waals surface area (Å²) in [6.45, 7) is 27.0. The number of nitrogens with zero attached hydrogens (tertiary/aromatic N) is 2. The topological polar surface area (TPSA) is 24.9 Å². The number of unbranched alkanes of at least 4 members (excludes halogenated alkanes) is 6. The number of piperazine rings is 1. The maximum absolute atomic E-state index is 6.20. The predicted octanol–water partition coefficient (Wildman–Crippen LogP) is 9.09. The third kappa shape index (κ3) is 11.9. The largest absolute Gasteiger partial charge is 0.493 e. The molecule has 1 heterocycles. The molecule has 0 aliphatic carbocycles. The molecule has 1 aliphatic rings. The van der Waals surface area contributed by atoms with Crippen LogP contribution in [0.1, 0.15) is 115 Å². The second kappa shape index (κ2) is 16.7. The average Bonchev–Trinajstić information content (AvgIpc) is 2.93. The lowest BCUT2D eigenvalue weighted by Gasteiger charge is -2.34. The van der Waals surface area contributed by atoms with Crippen LogP contribution in [0.5, 0.6) is 11.5 Å².